The highest BCUT2D eigenvalue weighted by atomic mass is 32.2. The number of thiazole rings is 1. The first-order valence-corrected chi connectivity index (χ1v) is 7.92. The second kappa shape index (κ2) is 5.14. The van der Waals surface area contributed by atoms with Crippen molar-refractivity contribution in [2.24, 2.45) is 0 Å². The highest BCUT2D eigenvalue weighted by Crippen LogP contribution is 2.23. The molecule has 2 aromatic heterocycles. The summed E-state index contributed by atoms with van der Waals surface area (Å²) in [6.07, 6.45) is 1.15. The van der Waals surface area contributed by atoms with E-state index in [1.54, 1.807) is 0 Å². The number of nitrogens with one attached hydrogen (secondary N) is 2. The fourth-order valence-electron chi connectivity index (χ4n) is 1.34. The molecular weight excluding hydrogens is 286 g/mol. The molecule has 0 spiro atoms. The first-order valence-electron chi connectivity index (χ1n) is 5.55. The van der Waals surface area contributed by atoms with E-state index in [-0.39, 0.29) is 16.4 Å². The molecule has 0 amide bonds. The van der Waals surface area contributed by atoms with Crippen LogP contribution in [0.4, 0.5) is 5.13 Å². The fraction of sp³-hybridized carbons (Fsp3) is 0.273. The Bertz CT molecular complexity index is 711. The molecule has 0 saturated carbocycles. The molecule has 0 unspecified atom stereocenters. The normalized spacial score (nSPS) is 11.7. The lowest BCUT2D eigenvalue weighted by Crippen LogP contribution is -2.15. The summed E-state index contributed by atoms with van der Waals surface area (Å²) >= 11 is 1.23. The van der Waals surface area contributed by atoms with Gasteiger partial charge < -0.3 is 4.98 Å². The third-order valence-corrected chi connectivity index (χ3v) is 4.64. The van der Waals surface area contributed by atoms with E-state index in [1.165, 1.54) is 17.4 Å². The van der Waals surface area contributed by atoms with E-state index in [1.807, 2.05) is 19.2 Å². The van der Waals surface area contributed by atoms with Crippen molar-refractivity contribution >= 4 is 26.5 Å². The standard InChI is InChI=1S/C11H13N3O3S2/c1-7(2)9-6-18-11(13-9)14-19(16,17)8-3-4-10(15)12-5-8/h3-7H,1-2H3,(H,12,15)(H,13,14). The predicted octanol–water partition coefficient (Wildman–Crippen LogP) is 1.76. The van der Waals surface area contributed by atoms with Gasteiger partial charge in [0.1, 0.15) is 4.90 Å². The van der Waals surface area contributed by atoms with Gasteiger partial charge in [0, 0.05) is 17.6 Å². The lowest BCUT2D eigenvalue weighted by molar-refractivity contribution is 0.600. The molecule has 6 nitrogen and oxygen atoms in total. The topological polar surface area (TPSA) is 91.9 Å². The molecule has 0 fully saturated rings. The van der Waals surface area contributed by atoms with Crippen molar-refractivity contribution in [3.05, 3.63) is 39.8 Å². The second-order valence-electron chi connectivity index (χ2n) is 4.23. The van der Waals surface area contributed by atoms with Gasteiger partial charge in [0.15, 0.2) is 5.13 Å². The van der Waals surface area contributed by atoms with E-state index in [9.17, 15) is 13.2 Å². The quantitative estimate of drug-likeness (QED) is 0.899. The van der Waals surface area contributed by atoms with E-state index < -0.39 is 10.0 Å². The van der Waals surface area contributed by atoms with Crippen molar-refractivity contribution in [3.8, 4) is 0 Å². The number of sulfonamides is 1. The number of pyridine rings is 1. The average molecular weight is 299 g/mol. The monoisotopic (exact) mass is 299 g/mol. The molecule has 0 bridgehead atoms. The zero-order chi connectivity index (χ0) is 14.0. The van der Waals surface area contributed by atoms with Crippen LogP contribution in [0.1, 0.15) is 25.5 Å². The number of anilines is 1. The lowest BCUT2D eigenvalue weighted by atomic mass is 10.2. The molecule has 2 rings (SSSR count). The minimum atomic E-state index is -3.71. The summed E-state index contributed by atoms with van der Waals surface area (Å²) in [4.78, 5) is 17.4. The Kier molecular flexibility index (Phi) is 3.72. The van der Waals surface area contributed by atoms with E-state index in [0.717, 1.165) is 18.0 Å². The van der Waals surface area contributed by atoms with Gasteiger partial charge in [0.05, 0.1) is 5.69 Å². The Morgan fingerprint density at radius 1 is 1.37 bits per heavy atom. The number of aromatic amines is 1. The van der Waals surface area contributed by atoms with Crippen LogP contribution in [0.25, 0.3) is 0 Å². The largest absolute Gasteiger partial charge is 0.328 e. The molecular formula is C11H13N3O3S2. The summed E-state index contributed by atoms with van der Waals surface area (Å²) in [5.41, 5.74) is 0.486. The maximum Gasteiger partial charge on any atom is 0.265 e. The first kappa shape index (κ1) is 13.8. The van der Waals surface area contributed by atoms with E-state index in [0.29, 0.717) is 5.13 Å². The van der Waals surface area contributed by atoms with Crippen LogP contribution in [0.2, 0.25) is 0 Å². The molecule has 0 aliphatic heterocycles. The maximum atomic E-state index is 12.0. The smallest absolute Gasteiger partial charge is 0.265 e. The highest BCUT2D eigenvalue weighted by molar-refractivity contribution is 7.93. The molecule has 0 aliphatic carbocycles. The van der Waals surface area contributed by atoms with E-state index in [2.05, 4.69) is 14.7 Å². The summed E-state index contributed by atoms with van der Waals surface area (Å²) < 4.78 is 26.4. The Morgan fingerprint density at radius 2 is 2.11 bits per heavy atom. The maximum absolute atomic E-state index is 12.0. The molecule has 0 aliphatic rings. The van der Waals surface area contributed by atoms with Gasteiger partial charge >= 0.3 is 0 Å². The fourth-order valence-corrected chi connectivity index (χ4v) is 3.43. The van der Waals surface area contributed by atoms with Crippen LogP contribution in [0.5, 0.6) is 0 Å². The molecule has 102 valence electrons. The molecule has 0 saturated heterocycles. The highest BCUT2D eigenvalue weighted by Gasteiger charge is 2.16. The number of aromatic nitrogens is 2. The lowest BCUT2D eigenvalue weighted by Gasteiger charge is -2.04. The third kappa shape index (κ3) is 3.21. The van der Waals surface area contributed by atoms with Crippen LogP contribution in [0.3, 0.4) is 0 Å². The third-order valence-electron chi connectivity index (χ3n) is 2.40. The zero-order valence-corrected chi connectivity index (χ0v) is 12.0. The van der Waals surface area contributed by atoms with Crippen LogP contribution < -0.4 is 10.3 Å². The van der Waals surface area contributed by atoms with E-state index in [4.69, 9.17) is 0 Å². The summed E-state index contributed by atoms with van der Waals surface area (Å²) in [5.74, 6) is 0.239. The van der Waals surface area contributed by atoms with Crippen molar-refractivity contribution in [3.63, 3.8) is 0 Å². The summed E-state index contributed by atoms with van der Waals surface area (Å²) in [6, 6.07) is 2.41. The molecule has 0 atom stereocenters. The van der Waals surface area contributed by atoms with Crippen molar-refractivity contribution < 1.29 is 8.42 Å². The number of nitrogens with zero attached hydrogens (tertiary/aromatic N) is 1. The zero-order valence-electron chi connectivity index (χ0n) is 10.4. The van der Waals surface area contributed by atoms with Gasteiger partial charge in [0.25, 0.3) is 10.0 Å². The number of H-pyrrole nitrogens is 1. The van der Waals surface area contributed by atoms with Gasteiger partial charge in [-0.25, -0.2) is 13.4 Å². The van der Waals surface area contributed by atoms with Crippen molar-refractivity contribution in [2.75, 3.05) is 4.72 Å². The SMILES string of the molecule is CC(C)c1csc(NS(=O)(=O)c2ccc(=O)[nH]c2)n1. The Balaban J connectivity index is 2.25. The van der Waals surface area contributed by atoms with Gasteiger partial charge in [0.2, 0.25) is 5.56 Å². The van der Waals surface area contributed by atoms with Crippen LogP contribution in [-0.4, -0.2) is 18.4 Å². The minimum Gasteiger partial charge on any atom is -0.328 e. The van der Waals surface area contributed by atoms with Gasteiger partial charge in [-0.1, -0.05) is 13.8 Å². The Morgan fingerprint density at radius 3 is 2.63 bits per heavy atom. The molecule has 0 radical (unpaired) electrons. The average Bonchev–Trinajstić information content (AvgIpc) is 2.77. The predicted molar refractivity (Wildman–Crippen MR) is 74.1 cm³/mol. The Hall–Kier alpha value is -1.67. The van der Waals surface area contributed by atoms with Crippen LogP contribution in [0.15, 0.2) is 33.4 Å². The van der Waals surface area contributed by atoms with E-state index >= 15 is 0 Å². The summed E-state index contributed by atoms with van der Waals surface area (Å²) in [5, 5.41) is 2.13. The van der Waals surface area contributed by atoms with Crippen molar-refractivity contribution in [1.82, 2.24) is 9.97 Å². The first-order chi connectivity index (χ1) is 8.88. The van der Waals surface area contributed by atoms with Crippen molar-refractivity contribution in [2.45, 2.75) is 24.7 Å². The van der Waals surface area contributed by atoms with Gasteiger partial charge in [-0.15, -0.1) is 11.3 Å². The van der Waals surface area contributed by atoms with Gasteiger partial charge in [-0.3, -0.25) is 9.52 Å². The molecule has 2 N–H and O–H groups in total. The molecule has 0 aromatic carbocycles. The molecule has 2 heterocycles. The number of hydrogen-bond donors (Lipinski definition) is 2. The van der Waals surface area contributed by atoms with Crippen LogP contribution in [0, 0.1) is 0 Å². The van der Waals surface area contributed by atoms with Gasteiger partial charge in [-0.05, 0) is 12.0 Å². The minimum absolute atomic E-state index is 0.00611. The molecule has 8 heteroatoms. The summed E-state index contributed by atoms with van der Waals surface area (Å²) in [6.45, 7) is 3.96. The molecule has 2 aromatic rings. The number of rotatable bonds is 4. The van der Waals surface area contributed by atoms with Gasteiger partial charge in [-0.2, -0.15) is 0 Å². The van der Waals surface area contributed by atoms with Crippen LogP contribution in [-0.2, 0) is 10.0 Å². The van der Waals surface area contributed by atoms with Crippen molar-refractivity contribution in [1.29, 1.82) is 0 Å². The van der Waals surface area contributed by atoms with Crippen LogP contribution >= 0.6 is 11.3 Å². The number of hydrogen-bond acceptors (Lipinski definition) is 5. The Labute approximate surface area is 114 Å². The summed E-state index contributed by atoms with van der Waals surface area (Å²) in [7, 11) is -3.71. The molecule has 19 heavy (non-hydrogen) atoms. The second-order valence-corrected chi connectivity index (χ2v) is 6.77.